The van der Waals surface area contributed by atoms with Gasteiger partial charge in [0.2, 0.25) is 5.88 Å². The van der Waals surface area contributed by atoms with E-state index in [9.17, 15) is 15.0 Å². The summed E-state index contributed by atoms with van der Waals surface area (Å²) in [6.45, 7) is 2.16. The number of aryl methyl sites for hydroxylation is 1. The van der Waals surface area contributed by atoms with Gasteiger partial charge in [-0.3, -0.25) is 14.8 Å². The van der Waals surface area contributed by atoms with Crippen LogP contribution in [-0.4, -0.2) is 26.8 Å². The Bertz CT molecular complexity index is 901. The van der Waals surface area contributed by atoms with Gasteiger partial charge in [0.05, 0.1) is 10.6 Å². The second-order valence-electron chi connectivity index (χ2n) is 5.88. The largest absolute Gasteiger partial charge is 0.494 e. The number of nitrogens with zero attached hydrogens (tertiary/aromatic N) is 1. The molecule has 0 aliphatic rings. The molecule has 0 amide bonds. The van der Waals surface area contributed by atoms with Gasteiger partial charge in [0.15, 0.2) is 0 Å². The number of aliphatic hydroxyl groups is 1. The van der Waals surface area contributed by atoms with Crippen LogP contribution >= 0.6 is 11.3 Å². The summed E-state index contributed by atoms with van der Waals surface area (Å²) in [4.78, 5) is 18.1. The number of rotatable bonds is 7. The average Bonchev–Trinajstić information content (AvgIpc) is 2.98. The first-order valence-corrected chi connectivity index (χ1v) is 9.12. The predicted molar refractivity (Wildman–Crippen MR) is 99.9 cm³/mol. The van der Waals surface area contributed by atoms with E-state index in [4.69, 9.17) is 4.74 Å². The molecule has 0 unspecified atom stereocenters. The number of H-pyrrole nitrogens is 1. The van der Waals surface area contributed by atoms with Gasteiger partial charge in [-0.2, -0.15) is 0 Å². The fourth-order valence-corrected chi connectivity index (χ4v) is 3.22. The molecule has 0 aliphatic heterocycles. The van der Waals surface area contributed by atoms with E-state index in [-0.39, 0.29) is 17.4 Å². The first-order valence-electron chi connectivity index (χ1n) is 8.30. The molecule has 0 bridgehead atoms. The molecule has 7 heteroatoms. The molecule has 6 nitrogen and oxygen atoms in total. The van der Waals surface area contributed by atoms with E-state index in [2.05, 4.69) is 16.9 Å². The van der Waals surface area contributed by atoms with Crippen LogP contribution in [0.3, 0.4) is 0 Å². The van der Waals surface area contributed by atoms with Crippen LogP contribution in [0.25, 0.3) is 0 Å². The number of aliphatic hydroxyl groups excluding tert-OH is 1. The summed E-state index contributed by atoms with van der Waals surface area (Å²) < 4.78 is 5.62. The summed E-state index contributed by atoms with van der Waals surface area (Å²) in [6, 6.07) is 11.1. The molecule has 0 radical (unpaired) electrons. The SMILES string of the molecule is CCc1ccc([C@H](O)COc2ccc(Cc3sc(=O)[nH]c3O)cc2)nc1. The molecule has 3 aromatic rings. The zero-order valence-corrected chi connectivity index (χ0v) is 15.1. The van der Waals surface area contributed by atoms with E-state index < -0.39 is 6.10 Å². The van der Waals surface area contributed by atoms with Crippen molar-refractivity contribution in [1.82, 2.24) is 9.97 Å². The van der Waals surface area contributed by atoms with Crippen molar-refractivity contribution in [2.24, 2.45) is 0 Å². The van der Waals surface area contributed by atoms with Crippen LogP contribution in [0.2, 0.25) is 0 Å². The maximum atomic E-state index is 11.2. The molecule has 0 saturated carbocycles. The predicted octanol–water partition coefficient (Wildman–Crippen LogP) is 2.80. The van der Waals surface area contributed by atoms with Gasteiger partial charge in [-0.15, -0.1) is 0 Å². The Kier molecular flexibility index (Phi) is 5.70. The maximum Gasteiger partial charge on any atom is 0.307 e. The minimum Gasteiger partial charge on any atom is -0.494 e. The number of benzene rings is 1. The van der Waals surface area contributed by atoms with E-state index in [1.54, 1.807) is 18.3 Å². The third-order valence-corrected chi connectivity index (χ3v) is 4.87. The van der Waals surface area contributed by atoms with Gasteiger partial charge in [0, 0.05) is 12.6 Å². The maximum absolute atomic E-state index is 11.2. The van der Waals surface area contributed by atoms with E-state index >= 15 is 0 Å². The summed E-state index contributed by atoms with van der Waals surface area (Å²) in [7, 11) is 0. The molecule has 0 spiro atoms. The van der Waals surface area contributed by atoms with Crippen molar-refractivity contribution in [3.63, 3.8) is 0 Å². The van der Waals surface area contributed by atoms with E-state index in [0.29, 0.717) is 22.7 Å². The highest BCUT2D eigenvalue weighted by atomic mass is 32.1. The molecule has 1 atom stereocenters. The molecule has 0 saturated heterocycles. The lowest BCUT2D eigenvalue weighted by atomic mass is 10.1. The fraction of sp³-hybridized carbons (Fsp3) is 0.263. The number of aromatic hydroxyl groups is 1. The lowest BCUT2D eigenvalue weighted by Gasteiger charge is -2.12. The molecule has 1 aromatic carbocycles. The Morgan fingerprint density at radius 2 is 1.92 bits per heavy atom. The molecule has 26 heavy (non-hydrogen) atoms. The third-order valence-electron chi connectivity index (χ3n) is 3.99. The number of aromatic amines is 1. The monoisotopic (exact) mass is 372 g/mol. The third kappa shape index (κ3) is 4.50. The van der Waals surface area contributed by atoms with Crippen molar-refractivity contribution in [2.75, 3.05) is 6.61 Å². The molecule has 136 valence electrons. The van der Waals surface area contributed by atoms with E-state index in [0.717, 1.165) is 28.9 Å². The standard InChI is InChI=1S/C19H20N2O4S/c1-2-12-5-8-15(20-10-12)16(22)11-25-14-6-3-13(4-7-14)9-17-18(23)21-19(24)26-17/h3-8,10,16,22-23H,2,9,11H2,1H3,(H,21,24)/t16-/m1/s1. The minimum absolute atomic E-state index is 0.0787. The van der Waals surface area contributed by atoms with Crippen molar-refractivity contribution in [1.29, 1.82) is 0 Å². The number of aromatic nitrogens is 2. The number of nitrogens with one attached hydrogen (secondary N) is 1. The molecule has 0 aliphatic carbocycles. The molecule has 2 heterocycles. The number of hydrogen-bond acceptors (Lipinski definition) is 6. The van der Waals surface area contributed by atoms with Crippen LogP contribution in [0.4, 0.5) is 0 Å². The number of hydrogen-bond donors (Lipinski definition) is 3. The summed E-state index contributed by atoms with van der Waals surface area (Å²) in [5.41, 5.74) is 2.65. The normalized spacial score (nSPS) is 12.1. The first-order chi connectivity index (χ1) is 12.5. The molecule has 3 N–H and O–H groups in total. The highest BCUT2D eigenvalue weighted by Crippen LogP contribution is 2.22. The van der Waals surface area contributed by atoms with E-state index in [1.807, 2.05) is 24.3 Å². The van der Waals surface area contributed by atoms with Crippen LogP contribution in [0.15, 0.2) is 47.4 Å². The molecular formula is C19H20N2O4S. The Morgan fingerprint density at radius 1 is 1.19 bits per heavy atom. The Morgan fingerprint density at radius 3 is 2.50 bits per heavy atom. The van der Waals surface area contributed by atoms with Crippen molar-refractivity contribution in [3.8, 4) is 11.6 Å². The molecular weight excluding hydrogens is 352 g/mol. The van der Waals surface area contributed by atoms with Gasteiger partial charge in [0.25, 0.3) is 0 Å². The zero-order valence-electron chi connectivity index (χ0n) is 14.3. The first kappa shape index (κ1) is 18.2. The zero-order chi connectivity index (χ0) is 18.5. The Labute approximate surface area is 154 Å². The van der Waals surface area contributed by atoms with Gasteiger partial charge < -0.3 is 14.9 Å². The van der Waals surface area contributed by atoms with Gasteiger partial charge >= 0.3 is 4.87 Å². The summed E-state index contributed by atoms with van der Waals surface area (Å²) in [5, 5.41) is 19.8. The van der Waals surface area contributed by atoms with Gasteiger partial charge in [-0.1, -0.05) is 36.5 Å². The lowest BCUT2D eigenvalue weighted by molar-refractivity contribution is 0.104. The summed E-state index contributed by atoms with van der Waals surface area (Å²) in [5.74, 6) is 0.550. The highest BCUT2D eigenvalue weighted by Gasteiger charge is 2.11. The smallest absolute Gasteiger partial charge is 0.307 e. The lowest BCUT2D eigenvalue weighted by Crippen LogP contribution is -2.11. The number of ether oxygens (including phenoxy) is 1. The summed E-state index contributed by atoms with van der Waals surface area (Å²) in [6.07, 6.45) is 2.34. The average molecular weight is 372 g/mol. The Balaban J connectivity index is 1.56. The van der Waals surface area contributed by atoms with Crippen LogP contribution < -0.4 is 9.61 Å². The molecule has 0 fully saturated rings. The van der Waals surface area contributed by atoms with Crippen molar-refractivity contribution >= 4 is 11.3 Å². The fourth-order valence-electron chi connectivity index (χ4n) is 2.46. The quantitative estimate of drug-likeness (QED) is 0.593. The summed E-state index contributed by atoms with van der Waals surface area (Å²) >= 11 is 0.995. The minimum atomic E-state index is -0.797. The van der Waals surface area contributed by atoms with Crippen LogP contribution in [-0.2, 0) is 12.8 Å². The molecule has 2 aromatic heterocycles. The topological polar surface area (TPSA) is 95.4 Å². The van der Waals surface area contributed by atoms with E-state index in [1.165, 1.54) is 0 Å². The van der Waals surface area contributed by atoms with Crippen molar-refractivity contribution in [3.05, 3.63) is 74.0 Å². The van der Waals surface area contributed by atoms with Crippen molar-refractivity contribution < 1.29 is 14.9 Å². The second-order valence-corrected chi connectivity index (χ2v) is 6.95. The van der Waals surface area contributed by atoms with Gasteiger partial charge in [-0.05, 0) is 35.7 Å². The van der Waals surface area contributed by atoms with Crippen molar-refractivity contribution in [2.45, 2.75) is 25.9 Å². The molecule has 3 rings (SSSR count). The van der Waals surface area contributed by atoms with Crippen LogP contribution in [0.1, 0.15) is 34.7 Å². The number of pyridine rings is 1. The second kappa shape index (κ2) is 8.16. The van der Waals surface area contributed by atoms with Crippen LogP contribution in [0, 0.1) is 0 Å². The highest BCUT2D eigenvalue weighted by molar-refractivity contribution is 7.09. The van der Waals surface area contributed by atoms with Gasteiger partial charge in [-0.25, -0.2) is 0 Å². The van der Waals surface area contributed by atoms with Crippen LogP contribution in [0.5, 0.6) is 11.6 Å². The van der Waals surface area contributed by atoms with Gasteiger partial charge in [0.1, 0.15) is 18.5 Å². The number of thiazole rings is 1. The Hall–Kier alpha value is -2.64.